The summed E-state index contributed by atoms with van der Waals surface area (Å²) >= 11 is 1.99. The predicted octanol–water partition coefficient (Wildman–Crippen LogP) is 1.86. The van der Waals surface area contributed by atoms with Crippen LogP contribution in [0.4, 0.5) is 11.8 Å². The minimum atomic E-state index is 0.471. The summed E-state index contributed by atoms with van der Waals surface area (Å²) in [6.07, 6.45) is 0. The molecule has 6 heteroatoms. The molecule has 1 aromatic heterocycles. The lowest BCUT2D eigenvalue weighted by molar-refractivity contribution is 0.692. The molecule has 1 aliphatic heterocycles. The van der Waals surface area contributed by atoms with Gasteiger partial charge in [-0.1, -0.05) is 12.1 Å². The van der Waals surface area contributed by atoms with Gasteiger partial charge >= 0.3 is 0 Å². The average Bonchev–Trinajstić information content (AvgIpc) is 2.46. The van der Waals surface area contributed by atoms with Crippen LogP contribution < -0.4 is 16.2 Å². The van der Waals surface area contributed by atoms with Gasteiger partial charge in [0.25, 0.3) is 0 Å². The zero-order valence-corrected chi connectivity index (χ0v) is 11.7. The lowest BCUT2D eigenvalue weighted by Gasteiger charge is -2.34. The largest absolute Gasteiger partial charge is 0.352 e. The predicted molar refractivity (Wildman–Crippen MR) is 81.5 cm³/mol. The lowest BCUT2D eigenvalue weighted by atomic mass is 10.2. The summed E-state index contributed by atoms with van der Waals surface area (Å²) in [6.45, 7) is 3.25. The molecule has 1 unspecified atom stereocenters. The van der Waals surface area contributed by atoms with Crippen molar-refractivity contribution in [3.05, 3.63) is 24.3 Å². The highest BCUT2D eigenvalue weighted by atomic mass is 32.2. The van der Waals surface area contributed by atoms with Gasteiger partial charge in [0.05, 0.1) is 5.52 Å². The number of hydrogen-bond acceptors (Lipinski definition) is 6. The van der Waals surface area contributed by atoms with Crippen LogP contribution in [0.3, 0.4) is 0 Å². The van der Waals surface area contributed by atoms with E-state index in [4.69, 9.17) is 5.84 Å². The maximum absolute atomic E-state index is 5.48. The molecule has 3 rings (SSSR count). The molecule has 1 aliphatic rings. The number of aromatic nitrogens is 2. The first kappa shape index (κ1) is 12.5. The molecule has 2 heterocycles. The van der Waals surface area contributed by atoms with Gasteiger partial charge in [-0.3, -0.25) is 5.43 Å². The standard InChI is InChI=1S/C13H17N5S/c1-9-8-19-7-6-18(9)12-10-4-2-3-5-11(10)15-13(16-12)17-14/h2-5,9H,6-8,14H2,1H3,(H,15,16,17). The molecule has 0 spiro atoms. The van der Waals surface area contributed by atoms with E-state index in [2.05, 4.69) is 33.3 Å². The number of hydrogen-bond donors (Lipinski definition) is 2. The third kappa shape index (κ3) is 2.33. The Bertz CT molecular complexity index is 588. The van der Waals surface area contributed by atoms with Crippen molar-refractivity contribution in [2.24, 2.45) is 5.84 Å². The van der Waals surface area contributed by atoms with Crippen molar-refractivity contribution in [2.45, 2.75) is 13.0 Å². The Kier molecular flexibility index (Phi) is 3.44. The minimum absolute atomic E-state index is 0.471. The van der Waals surface area contributed by atoms with E-state index in [1.165, 1.54) is 0 Å². The highest BCUT2D eigenvalue weighted by Gasteiger charge is 2.22. The summed E-state index contributed by atoms with van der Waals surface area (Å²) in [5.74, 6) is 9.19. The second-order valence-electron chi connectivity index (χ2n) is 4.65. The third-order valence-corrected chi connectivity index (χ3v) is 4.54. The van der Waals surface area contributed by atoms with E-state index in [-0.39, 0.29) is 0 Å². The van der Waals surface area contributed by atoms with Gasteiger partial charge < -0.3 is 4.90 Å². The molecule has 1 saturated heterocycles. The number of nitrogen functional groups attached to an aromatic ring is 1. The van der Waals surface area contributed by atoms with Gasteiger partial charge in [-0.2, -0.15) is 16.7 Å². The average molecular weight is 275 g/mol. The van der Waals surface area contributed by atoms with Gasteiger partial charge in [0.1, 0.15) is 5.82 Å². The molecule has 3 N–H and O–H groups in total. The number of thioether (sulfide) groups is 1. The van der Waals surface area contributed by atoms with E-state index in [1.54, 1.807) is 0 Å². The Morgan fingerprint density at radius 2 is 2.21 bits per heavy atom. The first-order valence-electron chi connectivity index (χ1n) is 6.37. The van der Waals surface area contributed by atoms with Crippen molar-refractivity contribution in [3.8, 4) is 0 Å². The first-order chi connectivity index (χ1) is 9.29. The highest BCUT2D eigenvalue weighted by molar-refractivity contribution is 7.99. The van der Waals surface area contributed by atoms with Gasteiger partial charge in [0.2, 0.25) is 5.95 Å². The Hall–Kier alpha value is -1.53. The van der Waals surface area contributed by atoms with Gasteiger partial charge in [-0.25, -0.2) is 10.8 Å². The first-order valence-corrected chi connectivity index (χ1v) is 7.53. The Morgan fingerprint density at radius 1 is 1.37 bits per heavy atom. The maximum Gasteiger partial charge on any atom is 0.239 e. The monoisotopic (exact) mass is 275 g/mol. The lowest BCUT2D eigenvalue weighted by Crippen LogP contribution is -2.41. The number of nitrogens with one attached hydrogen (secondary N) is 1. The Balaban J connectivity index is 2.14. The molecule has 0 saturated carbocycles. The van der Waals surface area contributed by atoms with Crippen LogP contribution in [-0.2, 0) is 0 Å². The number of fused-ring (bicyclic) bond motifs is 1. The van der Waals surface area contributed by atoms with E-state index >= 15 is 0 Å². The molecule has 0 radical (unpaired) electrons. The third-order valence-electron chi connectivity index (χ3n) is 3.35. The van der Waals surface area contributed by atoms with Crippen LogP contribution in [0.1, 0.15) is 6.92 Å². The molecule has 0 aliphatic carbocycles. The van der Waals surface area contributed by atoms with E-state index in [1.807, 2.05) is 30.0 Å². The van der Waals surface area contributed by atoms with Crippen LogP contribution >= 0.6 is 11.8 Å². The molecule has 1 aromatic carbocycles. The summed E-state index contributed by atoms with van der Waals surface area (Å²) < 4.78 is 0. The van der Waals surface area contributed by atoms with Crippen LogP contribution in [0, 0.1) is 0 Å². The molecule has 5 nitrogen and oxygen atoms in total. The fraction of sp³-hybridized carbons (Fsp3) is 0.385. The maximum atomic E-state index is 5.48. The topological polar surface area (TPSA) is 67.1 Å². The second-order valence-corrected chi connectivity index (χ2v) is 5.80. The van der Waals surface area contributed by atoms with Gasteiger partial charge in [0, 0.05) is 29.5 Å². The van der Waals surface area contributed by atoms with Gasteiger partial charge in [-0.05, 0) is 19.1 Å². The van der Waals surface area contributed by atoms with Crippen molar-refractivity contribution >= 4 is 34.4 Å². The Morgan fingerprint density at radius 3 is 3.00 bits per heavy atom. The molecule has 19 heavy (non-hydrogen) atoms. The zero-order valence-electron chi connectivity index (χ0n) is 10.8. The number of rotatable bonds is 2. The van der Waals surface area contributed by atoms with Crippen LogP contribution in [0.2, 0.25) is 0 Å². The molecular weight excluding hydrogens is 258 g/mol. The second kappa shape index (κ2) is 5.22. The quantitative estimate of drug-likeness (QED) is 0.644. The molecular formula is C13H17N5S. The summed E-state index contributed by atoms with van der Waals surface area (Å²) in [5.41, 5.74) is 3.48. The van der Waals surface area contributed by atoms with Crippen LogP contribution in [0.25, 0.3) is 10.9 Å². The SMILES string of the molecule is CC1CSCCN1c1nc(NN)nc2ccccc12. The smallest absolute Gasteiger partial charge is 0.239 e. The molecule has 0 bridgehead atoms. The van der Waals surface area contributed by atoms with Crippen molar-refractivity contribution in [1.82, 2.24) is 9.97 Å². The molecule has 100 valence electrons. The molecule has 2 aromatic rings. The number of hydrazine groups is 1. The molecule has 1 fully saturated rings. The summed E-state index contributed by atoms with van der Waals surface area (Å²) in [5, 5.41) is 1.08. The van der Waals surface area contributed by atoms with Crippen molar-refractivity contribution in [2.75, 3.05) is 28.4 Å². The fourth-order valence-corrected chi connectivity index (χ4v) is 3.40. The van der Waals surface area contributed by atoms with Crippen molar-refractivity contribution < 1.29 is 0 Å². The molecule has 1 atom stereocenters. The number of anilines is 2. The van der Waals surface area contributed by atoms with Gasteiger partial charge in [0.15, 0.2) is 0 Å². The summed E-state index contributed by atoms with van der Waals surface area (Å²) in [4.78, 5) is 11.3. The minimum Gasteiger partial charge on any atom is -0.352 e. The van der Waals surface area contributed by atoms with Crippen LogP contribution in [-0.4, -0.2) is 34.1 Å². The van der Waals surface area contributed by atoms with E-state index in [9.17, 15) is 0 Å². The van der Waals surface area contributed by atoms with Crippen molar-refractivity contribution in [1.29, 1.82) is 0 Å². The zero-order chi connectivity index (χ0) is 13.2. The highest BCUT2D eigenvalue weighted by Crippen LogP contribution is 2.29. The number of benzene rings is 1. The van der Waals surface area contributed by atoms with E-state index in [0.29, 0.717) is 12.0 Å². The van der Waals surface area contributed by atoms with E-state index in [0.717, 1.165) is 34.8 Å². The summed E-state index contributed by atoms with van der Waals surface area (Å²) in [7, 11) is 0. The molecule has 0 amide bonds. The van der Waals surface area contributed by atoms with Crippen LogP contribution in [0.15, 0.2) is 24.3 Å². The number of nitrogens with zero attached hydrogens (tertiary/aromatic N) is 3. The summed E-state index contributed by atoms with van der Waals surface area (Å²) in [6, 6.07) is 8.54. The van der Waals surface area contributed by atoms with E-state index < -0.39 is 0 Å². The number of nitrogens with two attached hydrogens (primary N) is 1. The normalized spacial score (nSPS) is 19.7. The van der Waals surface area contributed by atoms with Crippen LogP contribution in [0.5, 0.6) is 0 Å². The fourth-order valence-electron chi connectivity index (χ4n) is 2.39. The van der Waals surface area contributed by atoms with Crippen molar-refractivity contribution in [3.63, 3.8) is 0 Å². The number of para-hydroxylation sites is 1. The Labute approximate surface area is 116 Å². The van der Waals surface area contributed by atoms with Gasteiger partial charge in [-0.15, -0.1) is 0 Å².